The summed E-state index contributed by atoms with van der Waals surface area (Å²) in [4.78, 5) is 24.1. The Morgan fingerprint density at radius 2 is 1.43 bits per heavy atom. The van der Waals surface area contributed by atoms with Gasteiger partial charge in [-0.05, 0) is 26.2 Å². The summed E-state index contributed by atoms with van der Waals surface area (Å²) in [5.74, 6) is -0.778. The zero-order valence-electron chi connectivity index (χ0n) is 17.7. The minimum absolute atomic E-state index is 0.323. The van der Waals surface area contributed by atoms with E-state index in [0.717, 1.165) is 25.7 Å². The lowest BCUT2D eigenvalue weighted by molar-refractivity contribution is -0.166. The second kappa shape index (κ2) is 17.0. The van der Waals surface area contributed by atoms with Crippen molar-refractivity contribution in [1.29, 1.82) is 0 Å². The highest BCUT2D eigenvalue weighted by molar-refractivity contribution is 5.83. The van der Waals surface area contributed by atoms with Gasteiger partial charge in [0.2, 0.25) is 0 Å². The Morgan fingerprint density at radius 3 is 1.86 bits per heavy atom. The van der Waals surface area contributed by atoms with Crippen LogP contribution in [0.4, 0.5) is 0 Å². The smallest absolute Gasteiger partial charge is 0.331 e. The Kier molecular flexibility index (Phi) is 15.7. The molecule has 0 bridgehead atoms. The quantitative estimate of drug-likeness (QED) is 0.264. The van der Waals surface area contributed by atoms with Crippen LogP contribution in [0.2, 0.25) is 0 Å². The molecular formula is C23H36O5. The molecule has 0 amide bonds. The topological polar surface area (TPSA) is 72.8 Å². The van der Waals surface area contributed by atoms with E-state index in [-0.39, 0.29) is 0 Å². The lowest BCUT2D eigenvalue weighted by Crippen LogP contribution is -2.38. The molecule has 0 aliphatic rings. The zero-order valence-corrected chi connectivity index (χ0v) is 17.7. The molecule has 0 saturated carbocycles. The normalized spacial score (nSPS) is 15.5. The van der Waals surface area contributed by atoms with E-state index in [0.29, 0.717) is 12.3 Å². The number of carbonyl (C=O) groups is 2. The molecule has 0 saturated heterocycles. The van der Waals surface area contributed by atoms with Crippen molar-refractivity contribution in [3.63, 3.8) is 0 Å². The summed E-state index contributed by atoms with van der Waals surface area (Å²) < 4.78 is 10.9. The van der Waals surface area contributed by atoms with Gasteiger partial charge in [-0.2, -0.15) is 0 Å². The van der Waals surface area contributed by atoms with Gasteiger partial charge in [-0.3, -0.25) is 0 Å². The van der Waals surface area contributed by atoms with Gasteiger partial charge in [0.25, 0.3) is 0 Å². The first kappa shape index (κ1) is 25.9. The minimum Gasteiger partial charge on any atom is -0.455 e. The van der Waals surface area contributed by atoms with Gasteiger partial charge in [0, 0.05) is 12.2 Å². The van der Waals surface area contributed by atoms with E-state index in [9.17, 15) is 14.7 Å². The maximum absolute atomic E-state index is 12.1. The SMILES string of the molecule is C/C=C/C=C/C(=O)OC(CO)C(CC(CC)CCCC)OC(=O)/C=C/C=C/C. The summed E-state index contributed by atoms with van der Waals surface area (Å²) in [6, 6.07) is 0. The van der Waals surface area contributed by atoms with E-state index in [1.807, 2.05) is 13.8 Å². The number of unbranched alkanes of at least 4 members (excludes halogenated alkanes) is 1. The first-order valence-corrected chi connectivity index (χ1v) is 10.1. The number of hydrogen-bond acceptors (Lipinski definition) is 5. The molecular weight excluding hydrogens is 356 g/mol. The molecule has 3 atom stereocenters. The molecule has 0 aromatic rings. The summed E-state index contributed by atoms with van der Waals surface area (Å²) in [5, 5.41) is 9.77. The molecule has 0 spiro atoms. The third-order valence-corrected chi connectivity index (χ3v) is 4.31. The molecule has 0 heterocycles. The van der Waals surface area contributed by atoms with Crippen LogP contribution in [-0.2, 0) is 19.1 Å². The van der Waals surface area contributed by atoms with Crippen molar-refractivity contribution >= 4 is 11.9 Å². The Hall–Kier alpha value is -2.14. The number of aliphatic hydroxyl groups is 1. The molecule has 5 heteroatoms. The average molecular weight is 393 g/mol. The molecule has 0 aromatic carbocycles. The van der Waals surface area contributed by atoms with Crippen LogP contribution in [-0.4, -0.2) is 35.9 Å². The highest BCUT2D eigenvalue weighted by atomic mass is 16.6. The van der Waals surface area contributed by atoms with Crippen molar-refractivity contribution in [2.24, 2.45) is 5.92 Å². The maximum atomic E-state index is 12.1. The molecule has 0 rings (SSSR count). The van der Waals surface area contributed by atoms with E-state index in [4.69, 9.17) is 9.47 Å². The number of carbonyl (C=O) groups excluding carboxylic acids is 2. The van der Waals surface area contributed by atoms with E-state index in [1.165, 1.54) is 12.2 Å². The van der Waals surface area contributed by atoms with Gasteiger partial charge in [0.05, 0.1) is 6.61 Å². The Morgan fingerprint density at radius 1 is 0.893 bits per heavy atom. The number of hydrogen-bond donors (Lipinski definition) is 1. The molecule has 0 fully saturated rings. The predicted molar refractivity (Wildman–Crippen MR) is 113 cm³/mol. The van der Waals surface area contributed by atoms with Crippen LogP contribution in [0.25, 0.3) is 0 Å². The maximum Gasteiger partial charge on any atom is 0.331 e. The predicted octanol–water partition coefficient (Wildman–Crippen LogP) is 4.67. The van der Waals surface area contributed by atoms with E-state index < -0.39 is 30.8 Å². The monoisotopic (exact) mass is 392 g/mol. The van der Waals surface area contributed by atoms with E-state index in [2.05, 4.69) is 13.8 Å². The molecule has 0 aliphatic heterocycles. The lowest BCUT2D eigenvalue weighted by Gasteiger charge is -2.28. The van der Waals surface area contributed by atoms with Crippen LogP contribution in [0.5, 0.6) is 0 Å². The lowest BCUT2D eigenvalue weighted by atomic mass is 9.91. The molecule has 0 aromatic heterocycles. The summed E-state index contributed by atoms with van der Waals surface area (Å²) in [7, 11) is 0. The van der Waals surface area contributed by atoms with Crippen molar-refractivity contribution < 1.29 is 24.2 Å². The third kappa shape index (κ3) is 12.3. The van der Waals surface area contributed by atoms with Crippen molar-refractivity contribution in [2.75, 3.05) is 6.61 Å². The summed E-state index contributed by atoms with van der Waals surface area (Å²) in [5.41, 5.74) is 0. The van der Waals surface area contributed by atoms with Gasteiger partial charge in [-0.25, -0.2) is 9.59 Å². The average Bonchev–Trinajstić information content (AvgIpc) is 2.68. The summed E-state index contributed by atoms with van der Waals surface area (Å²) in [6.45, 7) is 7.49. The van der Waals surface area contributed by atoms with E-state index in [1.54, 1.807) is 36.5 Å². The van der Waals surface area contributed by atoms with Crippen LogP contribution < -0.4 is 0 Å². The number of rotatable bonds is 14. The largest absolute Gasteiger partial charge is 0.455 e. The van der Waals surface area contributed by atoms with E-state index >= 15 is 0 Å². The van der Waals surface area contributed by atoms with Gasteiger partial charge in [-0.15, -0.1) is 0 Å². The van der Waals surface area contributed by atoms with Gasteiger partial charge in [-0.1, -0.05) is 76.0 Å². The van der Waals surface area contributed by atoms with Crippen molar-refractivity contribution in [1.82, 2.24) is 0 Å². The minimum atomic E-state index is -0.905. The summed E-state index contributed by atoms with van der Waals surface area (Å²) >= 11 is 0. The fourth-order valence-electron chi connectivity index (χ4n) is 2.68. The second-order valence-electron chi connectivity index (χ2n) is 6.56. The molecule has 0 aliphatic carbocycles. The van der Waals surface area contributed by atoms with Crippen LogP contribution in [0.15, 0.2) is 48.6 Å². The molecule has 0 radical (unpaired) electrons. The van der Waals surface area contributed by atoms with Crippen LogP contribution in [0.1, 0.15) is 59.8 Å². The zero-order chi connectivity index (χ0) is 21.2. The fraction of sp³-hybridized carbons (Fsp3) is 0.565. The van der Waals surface area contributed by atoms with Crippen molar-refractivity contribution in [2.45, 2.75) is 72.0 Å². The Balaban J connectivity index is 5.26. The van der Waals surface area contributed by atoms with Crippen molar-refractivity contribution in [3.05, 3.63) is 48.6 Å². The highest BCUT2D eigenvalue weighted by Gasteiger charge is 2.29. The highest BCUT2D eigenvalue weighted by Crippen LogP contribution is 2.23. The van der Waals surface area contributed by atoms with Gasteiger partial charge in [0.1, 0.15) is 6.10 Å². The molecule has 28 heavy (non-hydrogen) atoms. The molecule has 1 N–H and O–H groups in total. The second-order valence-corrected chi connectivity index (χ2v) is 6.56. The van der Waals surface area contributed by atoms with Crippen LogP contribution in [0, 0.1) is 5.92 Å². The number of allylic oxidation sites excluding steroid dienone is 6. The first-order valence-electron chi connectivity index (χ1n) is 10.1. The molecule has 158 valence electrons. The Bertz CT molecular complexity index is 545. The van der Waals surface area contributed by atoms with Crippen molar-refractivity contribution in [3.8, 4) is 0 Å². The van der Waals surface area contributed by atoms with Gasteiger partial charge in [0.15, 0.2) is 6.10 Å². The fourth-order valence-corrected chi connectivity index (χ4v) is 2.68. The molecule has 5 nitrogen and oxygen atoms in total. The standard InChI is InChI=1S/C23H36O5/c1-5-9-12-15-22(25)27-20(17-19(8-4)14-11-7-3)21(18-24)28-23(26)16-13-10-6-2/h5-6,9-10,12-13,15-16,19-21,24H,7-8,11,14,17-18H2,1-4H3/b9-5+,10-6+,15-12+,16-13+. The van der Waals surface area contributed by atoms with Gasteiger partial charge >= 0.3 is 11.9 Å². The third-order valence-electron chi connectivity index (χ3n) is 4.31. The summed E-state index contributed by atoms with van der Waals surface area (Å²) in [6.07, 6.45) is 15.8. The van der Waals surface area contributed by atoms with Crippen LogP contribution >= 0.6 is 0 Å². The number of aliphatic hydroxyl groups excluding tert-OH is 1. The van der Waals surface area contributed by atoms with Gasteiger partial charge < -0.3 is 14.6 Å². The Labute approximate surface area is 169 Å². The molecule has 3 unspecified atom stereocenters. The first-order chi connectivity index (χ1) is 13.5. The van der Waals surface area contributed by atoms with Crippen LogP contribution in [0.3, 0.4) is 0 Å². The number of esters is 2. The number of ether oxygens (including phenoxy) is 2.